The Bertz CT molecular complexity index is 701. The van der Waals surface area contributed by atoms with Crippen molar-refractivity contribution in [2.45, 2.75) is 64.0 Å². The Morgan fingerprint density at radius 3 is 2.25 bits per heavy atom. The van der Waals surface area contributed by atoms with Crippen LogP contribution in [0.2, 0.25) is 0 Å². The molecule has 2 bridgehead atoms. The number of likely N-dealkylation sites (tertiary alicyclic amines) is 1. The van der Waals surface area contributed by atoms with Gasteiger partial charge in [-0.15, -0.1) is 0 Å². The molecule has 5 heteroatoms. The maximum Gasteiger partial charge on any atom is 0.132 e. The van der Waals surface area contributed by atoms with Crippen LogP contribution in [0.1, 0.15) is 56.1 Å². The van der Waals surface area contributed by atoms with Crippen LogP contribution >= 0.6 is 12.2 Å². The van der Waals surface area contributed by atoms with Gasteiger partial charge in [0.2, 0.25) is 0 Å². The third-order valence-corrected chi connectivity index (χ3v) is 7.54. The molecule has 1 aliphatic heterocycles. The lowest BCUT2D eigenvalue weighted by atomic mass is 9.68. The molecule has 1 N–H and O–H groups in total. The maximum absolute atomic E-state index is 5.78. The average molecular weight is 403 g/mol. The molecule has 0 unspecified atom stereocenters. The van der Waals surface area contributed by atoms with E-state index in [0.29, 0.717) is 6.04 Å². The first-order valence-electron chi connectivity index (χ1n) is 10.9. The van der Waals surface area contributed by atoms with E-state index in [1.165, 1.54) is 51.5 Å². The predicted octanol–water partition coefficient (Wildman–Crippen LogP) is 4.32. The van der Waals surface area contributed by atoms with E-state index in [1.807, 2.05) is 13.0 Å². The Morgan fingerprint density at radius 1 is 1.00 bits per heavy atom. The van der Waals surface area contributed by atoms with Gasteiger partial charge in [-0.25, -0.2) is 0 Å². The zero-order valence-corrected chi connectivity index (χ0v) is 18.3. The molecule has 2 aliphatic carbocycles. The highest BCUT2D eigenvalue weighted by atomic mass is 32.1. The van der Waals surface area contributed by atoms with E-state index in [-0.39, 0.29) is 0 Å². The molecular weight excluding hydrogens is 368 g/mol. The summed E-state index contributed by atoms with van der Waals surface area (Å²) in [6.45, 7) is 4.37. The normalized spacial score (nSPS) is 30.1. The van der Waals surface area contributed by atoms with Crippen molar-refractivity contribution < 1.29 is 9.47 Å². The first kappa shape index (κ1) is 20.0. The molecule has 1 saturated heterocycles. The molecule has 1 aromatic rings. The van der Waals surface area contributed by atoms with Gasteiger partial charge in [0, 0.05) is 31.2 Å². The number of nitrogens with zero attached hydrogens (tertiary/aromatic N) is 1. The van der Waals surface area contributed by atoms with E-state index >= 15 is 0 Å². The predicted molar refractivity (Wildman–Crippen MR) is 118 cm³/mol. The van der Waals surface area contributed by atoms with Crippen molar-refractivity contribution >= 4 is 17.2 Å². The van der Waals surface area contributed by atoms with Crippen LogP contribution in [0.5, 0.6) is 11.5 Å². The monoisotopic (exact) mass is 402 g/mol. The zero-order chi connectivity index (χ0) is 19.7. The fraction of sp³-hybridized carbons (Fsp3) is 0.696. The number of ether oxygens (including phenoxy) is 2. The molecule has 28 heavy (non-hydrogen) atoms. The van der Waals surface area contributed by atoms with Crippen LogP contribution in [0.4, 0.5) is 0 Å². The Morgan fingerprint density at radius 2 is 1.64 bits per heavy atom. The van der Waals surface area contributed by atoms with E-state index in [9.17, 15) is 0 Å². The summed E-state index contributed by atoms with van der Waals surface area (Å²) in [4.78, 5) is 3.57. The average Bonchev–Trinajstić information content (AvgIpc) is 3.15. The number of hydrogen-bond acceptors (Lipinski definition) is 4. The molecule has 0 aromatic heterocycles. The summed E-state index contributed by atoms with van der Waals surface area (Å²) >= 11 is 5.78. The van der Waals surface area contributed by atoms with Crippen molar-refractivity contribution in [3.05, 3.63) is 23.3 Å². The summed E-state index contributed by atoms with van der Waals surface area (Å²) in [5.74, 6) is 3.47. The summed E-state index contributed by atoms with van der Waals surface area (Å²) < 4.78 is 11.0. The van der Waals surface area contributed by atoms with Gasteiger partial charge in [-0.1, -0.05) is 25.1 Å². The highest BCUT2D eigenvalue weighted by Gasteiger charge is 2.41. The van der Waals surface area contributed by atoms with Gasteiger partial charge in [-0.2, -0.15) is 0 Å². The topological polar surface area (TPSA) is 33.7 Å². The smallest absolute Gasteiger partial charge is 0.132 e. The van der Waals surface area contributed by atoms with Gasteiger partial charge in [0.05, 0.1) is 19.8 Å². The minimum Gasteiger partial charge on any atom is -0.496 e. The van der Waals surface area contributed by atoms with E-state index in [4.69, 9.17) is 21.7 Å². The van der Waals surface area contributed by atoms with Crippen molar-refractivity contribution in [2.24, 2.45) is 11.8 Å². The molecule has 1 atom stereocenters. The van der Waals surface area contributed by atoms with Crippen molar-refractivity contribution in [3.8, 4) is 11.5 Å². The van der Waals surface area contributed by atoms with E-state index in [1.54, 1.807) is 14.2 Å². The van der Waals surface area contributed by atoms with E-state index in [0.717, 1.165) is 52.0 Å². The largest absolute Gasteiger partial charge is 0.496 e. The van der Waals surface area contributed by atoms with Crippen LogP contribution in [-0.4, -0.2) is 49.3 Å². The number of nitrogens with one attached hydrogen (secondary N) is 1. The summed E-state index contributed by atoms with van der Waals surface area (Å²) in [5, 5.41) is 3.64. The van der Waals surface area contributed by atoms with Crippen molar-refractivity contribution in [1.82, 2.24) is 10.2 Å². The van der Waals surface area contributed by atoms with Gasteiger partial charge in [0.1, 0.15) is 16.5 Å². The number of benzene rings is 1. The minimum absolute atomic E-state index is 0.433. The van der Waals surface area contributed by atoms with Crippen LogP contribution in [0.25, 0.3) is 0 Å². The Labute approximate surface area is 175 Å². The quantitative estimate of drug-likeness (QED) is 0.742. The number of thiocarbonyl (C=S) groups is 1. The number of hydrogen-bond donors (Lipinski definition) is 1. The summed E-state index contributed by atoms with van der Waals surface area (Å²) in [5.41, 5.74) is 2.04. The lowest BCUT2D eigenvalue weighted by Gasteiger charge is -2.47. The summed E-state index contributed by atoms with van der Waals surface area (Å²) in [6.07, 6.45) is 9.83. The Hall–Kier alpha value is -1.33. The molecule has 4 rings (SSSR count). The SMILES string of the molecule is COc1cc(OC)c(C(=S)N[C@H]2CCN(C3C4CCCC3CCC4)C2)cc1C. The zero-order valence-electron chi connectivity index (χ0n) is 17.5. The standard InChI is InChI=1S/C23H34N2O2S/c1-15-12-19(21(27-3)13-20(15)26-2)23(28)24-18-10-11-25(14-18)22-16-6-4-7-17(22)9-5-8-16/h12-13,16-18,22H,4-11,14H2,1-3H3,(H,24,28)/t16?,17?,18-,22?/m0/s1. The highest BCUT2D eigenvalue weighted by Crippen LogP contribution is 2.43. The number of aryl methyl sites for hydroxylation is 1. The molecule has 1 heterocycles. The fourth-order valence-electron chi connectivity index (χ4n) is 5.91. The molecule has 0 amide bonds. The van der Waals surface area contributed by atoms with Crippen LogP contribution in [0.3, 0.4) is 0 Å². The van der Waals surface area contributed by atoms with Crippen LogP contribution in [0.15, 0.2) is 12.1 Å². The molecule has 2 saturated carbocycles. The van der Waals surface area contributed by atoms with E-state index < -0.39 is 0 Å². The van der Waals surface area contributed by atoms with Crippen LogP contribution < -0.4 is 14.8 Å². The molecule has 154 valence electrons. The lowest BCUT2D eigenvalue weighted by molar-refractivity contribution is 0.0350. The molecule has 3 aliphatic rings. The van der Waals surface area contributed by atoms with Gasteiger partial charge in [-0.05, 0) is 62.5 Å². The molecule has 4 nitrogen and oxygen atoms in total. The third kappa shape index (κ3) is 3.88. The van der Waals surface area contributed by atoms with Gasteiger partial charge >= 0.3 is 0 Å². The highest BCUT2D eigenvalue weighted by molar-refractivity contribution is 7.80. The molecule has 0 radical (unpaired) electrons. The summed E-state index contributed by atoms with van der Waals surface area (Å²) in [6, 6.07) is 5.26. The van der Waals surface area contributed by atoms with Gasteiger partial charge < -0.3 is 14.8 Å². The second kappa shape index (κ2) is 8.58. The molecule has 1 aromatic carbocycles. The Balaban J connectivity index is 1.42. The van der Waals surface area contributed by atoms with Crippen molar-refractivity contribution in [3.63, 3.8) is 0 Å². The fourth-order valence-corrected chi connectivity index (χ4v) is 6.24. The van der Waals surface area contributed by atoms with Crippen LogP contribution in [-0.2, 0) is 0 Å². The number of rotatable bonds is 5. The molecule has 3 fully saturated rings. The van der Waals surface area contributed by atoms with Gasteiger partial charge in [0.25, 0.3) is 0 Å². The van der Waals surface area contributed by atoms with E-state index in [2.05, 4.69) is 16.3 Å². The lowest BCUT2D eigenvalue weighted by Crippen LogP contribution is -2.50. The van der Waals surface area contributed by atoms with Crippen LogP contribution in [0, 0.1) is 18.8 Å². The third-order valence-electron chi connectivity index (χ3n) is 7.20. The first-order chi connectivity index (χ1) is 13.6. The van der Waals surface area contributed by atoms with Gasteiger partial charge in [-0.3, -0.25) is 4.90 Å². The minimum atomic E-state index is 0.433. The molecular formula is C23H34N2O2S. The van der Waals surface area contributed by atoms with Gasteiger partial charge in [0.15, 0.2) is 0 Å². The number of methoxy groups -OCH3 is 2. The maximum atomic E-state index is 5.78. The first-order valence-corrected chi connectivity index (χ1v) is 11.3. The van der Waals surface area contributed by atoms with Crippen molar-refractivity contribution in [1.29, 1.82) is 0 Å². The number of fused-ring (bicyclic) bond motifs is 2. The second-order valence-electron chi connectivity index (χ2n) is 8.85. The summed E-state index contributed by atoms with van der Waals surface area (Å²) in [7, 11) is 3.38. The molecule has 0 spiro atoms. The second-order valence-corrected chi connectivity index (χ2v) is 9.26. The Kier molecular flexibility index (Phi) is 6.12. The van der Waals surface area contributed by atoms with Crippen molar-refractivity contribution in [2.75, 3.05) is 27.3 Å².